The van der Waals surface area contributed by atoms with Crippen LogP contribution in [0.25, 0.3) is 10.2 Å². The lowest BCUT2D eigenvalue weighted by molar-refractivity contribution is 0.189. The number of anilines is 1. The molecular formula is C11H13N3O3S2. The van der Waals surface area contributed by atoms with E-state index in [0.29, 0.717) is 23.6 Å². The lowest BCUT2D eigenvalue weighted by atomic mass is 10.3. The number of thiazole rings is 1. The SMILES string of the molecule is Nc1nc2ccc(S(=O)(=O)N3CC[C@@H](O)C3)cc2s1. The molecule has 1 aliphatic rings. The van der Waals surface area contributed by atoms with Crippen LogP contribution in [-0.2, 0) is 10.0 Å². The van der Waals surface area contributed by atoms with Crippen molar-refractivity contribution in [2.24, 2.45) is 0 Å². The number of nitrogens with two attached hydrogens (primary N) is 1. The Labute approximate surface area is 114 Å². The van der Waals surface area contributed by atoms with Gasteiger partial charge in [-0.15, -0.1) is 0 Å². The van der Waals surface area contributed by atoms with Gasteiger partial charge >= 0.3 is 0 Å². The van der Waals surface area contributed by atoms with Gasteiger partial charge in [-0.2, -0.15) is 4.31 Å². The molecule has 1 saturated heterocycles. The molecule has 3 N–H and O–H groups in total. The normalized spacial score (nSPS) is 21.2. The molecule has 1 aliphatic heterocycles. The molecule has 0 aliphatic carbocycles. The van der Waals surface area contributed by atoms with E-state index in [1.54, 1.807) is 12.1 Å². The van der Waals surface area contributed by atoms with Crippen LogP contribution in [0.4, 0.5) is 5.13 Å². The van der Waals surface area contributed by atoms with Gasteiger partial charge in [0.1, 0.15) is 0 Å². The fourth-order valence-corrected chi connectivity index (χ4v) is 4.53. The van der Waals surface area contributed by atoms with Gasteiger partial charge < -0.3 is 10.8 Å². The monoisotopic (exact) mass is 299 g/mol. The standard InChI is InChI=1S/C11H13N3O3S2/c12-11-13-9-2-1-8(5-10(9)18-11)19(16,17)14-4-3-7(15)6-14/h1-2,5,7,15H,3-4,6H2,(H2,12,13)/t7-/m1/s1. The Morgan fingerprint density at radius 1 is 1.47 bits per heavy atom. The van der Waals surface area contributed by atoms with Gasteiger partial charge in [0.05, 0.1) is 21.2 Å². The molecule has 0 saturated carbocycles. The van der Waals surface area contributed by atoms with E-state index in [-0.39, 0.29) is 11.4 Å². The van der Waals surface area contributed by atoms with Gasteiger partial charge in [0.15, 0.2) is 5.13 Å². The molecule has 6 nitrogen and oxygen atoms in total. The van der Waals surface area contributed by atoms with Crippen LogP contribution in [0.1, 0.15) is 6.42 Å². The van der Waals surface area contributed by atoms with Crippen LogP contribution in [0.2, 0.25) is 0 Å². The quantitative estimate of drug-likeness (QED) is 0.848. The fourth-order valence-electron chi connectivity index (χ4n) is 2.16. The van der Waals surface area contributed by atoms with Crippen molar-refractivity contribution < 1.29 is 13.5 Å². The smallest absolute Gasteiger partial charge is 0.243 e. The summed E-state index contributed by atoms with van der Waals surface area (Å²) in [5.41, 5.74) is 6.30. The Bertz CT molecular complexity index is 726. The van der Waals surface area contributed by atoms with Gasteiger partial charge in [-0.05, 0) is 24.6 Å². The molecule has 1 aromatic carbocycles. The third-order valence-corrected chi connectivity index (χ3v) is 5.85. The molecule has 3 rings (SSSR count). The first-order chi connectivity index (χ1) is 8.96. The first-order valence-corrected chi connectivity index (χ1v) is 8.07. The van der Waals surface area contributed by atoms with Crippen molar-refractivity contribution in [3.8, 4) is 0 Å². The number of benzene rings is 1. The summed E-state index contributed by atoms with van der Waals surface area (Å²) in [5, 5.41) is 9.87. The number of aliphatic hydroxyl groups excluding tert-OH is 1. The van der Waals surface area contributed by atoms with Crippen molar-refractivity contribution in [1.29, 1.82) is 0 Å². The lowest BCUT2D eigenvalue weighted by Crippen LogP contribution is -2.29. The summed E-state index contributed by atoms with van der Waals surface area (Å²) in [6, 6.07) is 4.77. The van der Waals surface area contributed by atoms with Crippen molar-refractivity contribution >= 4 is 36.7 Å². The van der Waals surface area contributed by atoms with Gasteiger partial charge in [0.25, 0.3) is 0 Å². The number of rotatable bonds is 2. The third kappa shape index (κ3) is 2.20. The minimum Gasteiger partial charge on any atom is -0.392 e. The van der Waals surface area contributed by atoms with Crippen molar-refractivity contribution in [3.63, 3.8) is 0 Å². The zero-order valence-corrected chi connectivity index (χ0v) is 11.6. The molecule has 1 aromatic heterocycles. The number of hydrogen-bond acceptors (Lipinski definition) is 6. The van der Waals surface area contributed by atoms with Crippen molar-refractivity contribution in [1.82, 2.24) is 9.29 Å². The number of hydrogen-bond donors (Lipinski definition) is 2. The minimum atomic E-state index is -3.54. The predicted molar refractivity (Wildman–Crippen MR) is 73.4 cm³/mol. The summed E-state index contributed by atoms with van der Waals surface area (Å²) in [6.45, 7) is 0.511. The molecule has 8 heteroatoms. The van der Waals surface area contributed by atoms with Gasteiger partial charge in [-0.3, -0.25) is 0 Å². The molecule has 0 radical (unpaired) electrons. The Morgan fingerprint density at radius 3 is 2.95 bits per heavy atom. The summed E-state index contributed by atoms with van der Waals surface area (Å²) < 4.78 is 26.9. The molecule has 0 unspecified atom stereocenters. The molecule has 2 heterocycles. The van der Waals surface area contributed by atoms with Crippen LogP contribution in [-0.4, -0.2) is 42.0 Å². The van der Waals surface area contributed by atoms with E-state index in [4.69, 9.17) is 5.73 Å². The maximum absolute atomic E-state index is 12.4. The van der Waals surface area contributed by atoms with Crippen LogP contribution in [0.5, 0.6) is 0 Å². The van der Waals surface area contributed by atoms with Gasteiger partial charge in [0, 0.05) is 13.1 Å². The third-order valence-electron chi connectivity index (χ3n) is 3.14. The van der Waals surface area contributed by atoms with Crippen LogP contribution < -0.4 is 5.73 Å². The molecule has 1 atom stereocenters. The molecule has 0 amide bonds. The first-order valence-electron chi connectivity index (χ1n) is 5.81. The van der Waals surface area contributed by atoms with Crippen molar-refractivity contribution in [2.75, 3.05) is 18.8 Å². The lowest BCUT2D eigenvalue weighted by Gasteiger charge is -2.15. The number of aliphatic hydroxyl groups is 1. The van der Waals surface area contributed by atoms with Gasteiger partial charge in [-0.1, -0.05) is 11.3 Å². The number of fused-ring (bicyclic) bond motifs is 1. The number of nitrogen functional groups attached to an aromatic ring is 1. The Kier molecular flexibility index (Phi) is 2.97. The number of sulfonamides is 1. The Hall–Kier alpha value is -1.22. The van der Waals surface area contributed by atoms with Crippen molar-refractivity contribution in [2.45, 2.75) is 17.4 Å². The zero-order chi connectivity index (χ0) is 13.6. The Morgan fingerprint density at radius 2 is 2.26 bits per heavy atom. The average molecular weight is 299 g/mol. The number of aromatic nitrogens is 1. The van der Waals surface area contributed by atoms with Crippen molar-refractivity contribution in [3.05, 3.63) is 18.2 Å². The summed E-state index contributed by atoms with van der Waals surface area (Å²) in [5.74, 6) is 0. The second-order valence-electron chi connectivity index (χ2n) is 4.49. The van der Waals surface area contributed by atoms with Crippen LogP contribution in [0, 0.1) is 0 Å². The highest BCUT2D eigenvalue weighted by atomic mass is 32.2. The Balaban J connectivity index is 2.03. The first kappa shape index (κ1) is 12.8. The highest BCUT2D eigenvalue weighted by molar-refractivity contribution is 7.89. The average Bonchev–Trinajstić information content (AvgIpc) is 2.93. The second-order valence-corrected chi connectivity index (χ2v) is 7.49. The van der Waals surface area contributed by atoms with E-state index >= 15 is 0 Å². The molecule has 19 heavy (non-hydrogen) atoms. The van der Waals surface area contributed by atoms with Gasteiger partial charge in [-0.25, -0.2) is 13.4 Å². The largest absolute Gasteiger partial charge is 0.392 e. The summed E-state index contributed by atoms with van der Waals surface area (Å²) in [7, 11) is -3.54. The molecule has 1 fully saturated rings. The maximum Gasteiger partial charge on any atom is 0.243 e. The highest BCUT2D eigenvalue weighted by Gasteiger charge is 2.31. The topological polar surface area (TPSA) is 96.5 Å². The van der Waals surface area contributed by atoms with E-state index in [2.05, 4.69) is 4.98 Å². The predicted octanol–water partition coefficient (Wildman–Crippen LogP) is 0.634. The van der Waals surface area contributed by atoms with E-state index in [0.717, 1.165) is 4.70 Å². The molecule has 0 spiro atoms. The number of β-amino-alcohol motifs (C(OH)–C–C–N with tert-alkyl or cyclic N) is 1. The van der Waals surface area contributed by atoms with Crippen LogP contribution in [0.3, 0.4) is 0 Å². The second kappa shape index (κ2) is 4.41. The minimum absolute atomic E-state index is 0.158. The number of nitrogens with zero attached hydrogens (tertiary/aromatic N) is 2. The van der Waals surface area contributed by atoms with Gasteiger partial charge in [0.2, 0.25) is 10.0 Å². The van der Waals surface area contributed by atoms with E-state index < -0.39 is 16.1 Å². The maximum atomic E-state index is 12.4. The zero-order valence-electron chi connectivity index (χ0n) is 9.98. The summed E-state index contributed by atoms with van der Waals surface area (Å²) >= 11 is 1.26. The van der Waals surface area contributed by atoms with Crippen LogP contribution >= 0.6 is 11.3 Å². The molecule has 0 bridgehead atoms. The fraction of sp³-hybridized carbons (Fsp3) is 0.364. The molecule has 102 valence electrons. The molecular weight excluding hydrogens is 286 g/mol. The molecule has 2 aromatic rings. The van der Waals surface area contributed by atoms with E-state index in [1.807, 2.05) is 0 Å². The summed E-state index contributed by atoms with van der Waals surface area (Å²) in [6.07, 6.45) is -0.0906. The van der Waals surface area contributed by atoms with E-state index in [9.17, 15) is 13.5 Å². The van der Waals surface area contributed by atoms with Crippen LogP contribution in [0.15, 0.2) is 23.1 Å². The highest BCUT2D eigenvalue weighted by Crippen LogP contribution is 2.28. The summed E-state index contributed by atoms with van der Waals surface area (Å²) in [4.78, 5) is 4.31. The van der Waals surface area contributed by atoms with E-state index in [1.165, 1.54) is 21.7 Å².